The molecule has 3 rings (SSSR count). The molecule has 0 amide bonds. The van der Waals surface area contributed by atoms with E-state index in [-0.39, 0.29) is 6.42 Å². The van der Waals surface area contributed by atoms with E-state index in [0.29, 0.717) is 0 Å². The number of phosphoric ester groups is 1. The number of hydrogen-bond acceptors (Lipinski definition) is 11. The van der Waals surface area contributed by atoms with Crippen LogP contribution in [0.25, 0.3) is 0 Å². The number of phosphoric acid groups is 3. The number of aliphatic hydroxyl groups excluding tert-OH is 2. The number of nitrogens with zero attached hydrogens (tertiary/aromatic N) is 2. The van der Waals surface area contributed by atoms with E-state index in [9.17, 15) is 38.4 Å². The normalized spacial score (nSPS) is 30.1. The van der Waals surface area contributed by atoms with Crippen molar-refractivity contribution in [2.75, 3.05) is 26.2 Å². The van der Waals surface area contributed by atoms with Crippen LogP contribution in [0.15, 0.2) is 21.9 Å². The van der Waals surface area contributed by atoms with Gasteiger partial charge >= 0.3 is 29.2 Å². The van der Waals surface area contributed by atoms with Crippen LogP contribution in [0.2, 0.25) is 0 Å². The lowest BCUT2D eigenvalue weighted by molar-refractivity contribution is -0.0281. The van der Waals surface area contributed by atoms with Crippen LogP contribution in [0.3, 0.4) is 0 Å². The molecule has 1 aromatic rings. The lowest BCUT2D eigenvalue weighted by Crippen LogP contribution is -2.44. The first kappa shape index (κ1) is 32.2. The van der Waals surface area contributed by atoms with E-state index < -0.39 is 70.9 Å². The summed E-state index contributed by atoms with van der Waals surface area (Å²) in [4.78, 5) is 63.3. The van der Waals surface area contributed by atoms with Gasteiger partial charge in [0.2, 0.25) is 0 Å². The van der Waals surface area contributed by atoms with Crippen LogP contribution in [0.1, 0.15) is 27.2 Å². The average molecular weight is 595 g/mol. The topological polar surface area (TPSA) is 258 Å². The van der Waals surface area contributed by atoms with Crippen molar-refractivity contribution >= 4 is 23.5 Å². The second kappa shape index (κ2) is 12.0. The number of H-pyrrole nitrogens is 1. The Morgan fingerprint density at radius 1 is 1.03 bits per heavy atom. The third-order valence-corrected chi connectivity index (χ3v) is 10.1. The minimum absolute atomic E-state index is 0.140. The van der Waals surface area contributed by atoms with E-state index in [2.05, 4.69) is 38.8 Å². The van der Waals surface area contributed by atoms with Gasteiger partial charge in [-0.3, -0.25) is 18.9 Å². The van der Waals surface area contributed by atoms with Gasteiger partial charge in [-0.2, -0.15) is 8.62 Å². The van der Waals surface area contributed by atoms with Crippen molar-refractivity contribution in [1.29, 1.82) is 0 Å². The third kappa shape index (κ3) is 7.99. The Labute approximate surface area is 211 Å². The smallest absolute Gasteiger partial charge is 0.390 e. The lowest BCUT2D eigenvalue weighted by Gasteiger charge is -2.24. The molecule has 20 heteroatoms. The Morgan fingerprint density at radius 2 is 1.59 bits per heavy atom. The highest BCUT2D eigenvalue weighted by Crippen LogP contribution is 2.68. The molecule has 0 bridgehead atoms. The first-order valence-corrected chi connectivity index (χ1v) is 15.6. The van der Waals surface area contributed by atoms with Crippen LogP contribution in [0.5, 0.6) is 0 Å². The van der Waals surface area contributed by atoms with E-state index in [4.69, 9.17) is 14.7 Å². The third-order valence-electron chi connectivity index (χ3n) is 6.28. The van der Waals surface area contributed by atoms with E-state index in [1.807, 2.05) is 4.98 Å². The highest BCUT2D eigenvalue weighted by Gasteiger charge is 2.72. The van der Waals surface area contributed by atoms with Crippen molar-refractivity contribution in [3.63, 3.8) is 0 Å². The SMILES string of the molecule is CCN(CC)CC.O=c1ccn([C@]23C[C@H]2[C@H](COP(=O)(O)OP(=O)(O)OP(=O)(O)O)[C@@H](O)[C@H]3O)c(=O)[nH]1. The first-order chi connectivity index (χ1) is 16.9. The van der Waals surface area contributed by atoms with Crippen molar-refractivity contribution in [3.05, 3.63) is 33.1 Å². The Bertz CT molecular complexity index is 1190. The number of nitrogens with one attached hydrogen (secondary N) is 1. The molecular weight excluding hydrogens is 563 g/mol. The van der Waals surface area contributed by atoms with Gasteiger partial charge < -0.3 is 34.7 Å². The van der Waals surface area contributed by atoms with E-state index in [1.165, 1.54) is 19.6 Å². The summed E-state index contributed by atoms with van der Waals surface area (Å²) in [6.07, 6.45) is -1.79. The summed E-state index contributed by atoms with van der Waals surface area (Å²) in [7, 11) is -16.6. The predicted molar refractivity (Wildman–Crippen MR) is 126 cm³/mol. The molecule has 0 aliphatic heterocycles. The fraction of sp³-hybridized carbons (Fsp3) is 0.765. The summed E-state index contributed by atoms with van der Waals surface area (Å²) >= 11 is 0. The molecule has 0 aromatic carbocycles. The van der Waals surface area contributed by atoms with E-state index in [1.54, 1.807) is 0 Å². The summed E-state index contributed by atoms with van der Waals surface area (Å²) in [5, 5.41) is 20.7. The maximum atomic E-state index is 12.0. The molecule has 37 heavy (non-hydrogen) atoms. The maximum absolute atomic E-state index is 12.0. The van der Waals surface area contributed by atoms with Gasteiger partial charge in [-0.15, -0.1) is 0 Å². The summed E-state index contributed by atoms with van der Waals surface area (Å²) in [6.45, 7) is 9.33. The number of aromatic amines is 1. The maximum Gasteiger partial charge on any atom is 0.490 e. The van der Waals surface area contributed by atoms with Crippen LogP contribution in [0.4, 0.5) is 0 Å². The number of aliphatic hydroxyl groups is 2. The van der Waals surface area contributed by atoms with Crippen molar-refractivity contribution in [1.82, 2.24) is 14.5 Å². The van der Waals surface area contributed by atoms with Gasteiger partial charge in [0.1, 0.15) is 6.10 Å². The second-order valence-corrected chi connectivity index (χ2v) is 12.8. The summed E-state index contributed by atoms with van der Waals surface area (Å²) < 4.78 is 46.5. The van der Waals surface area contributed by atoms with Crippen LogP contribution >= 0.6 is 23.5 Å². The monoisotopic (exact) mass is 595 g/mol. The zero-order chi connectivity index (χ0) is 28.4. The van der Waals surface area contributed by atoms with Crippen molar-refractivity contribution in [2.45, 2.75) is 44.9 Å². The molecule has 7 N–H and O–H groups in total. The number of rotatable bonds is 11. The molecule has 214 valence electrons. The highest BCUT2D eigenvalue weighted by molar-refractivity contribution is 7.66. The molecule has 2 unspecified atom stereocenters. The standard InChI is InChI=1S/C11H17N2O14P3.C6H15N/c14-7-1-2-13(10(17)12-7)11-3-6(11)5(8(15)9(11)16)4-25-29(21,22)27-30(23,24)26-28(18,19)20;1-4-7(5-2)6-3/h1-2,5-6,8-9,15-16H,3-4H2,(H,21,22)(H,23,24)(H,12,14,17)(H2,18,19,20);4-6H2,1-3H3/t5-,6-,8+,9+,11+;/m0./s1. The lowest BCUT2D eigenvalue weighted by atomic mass is 10.0. The fourth-order valence-corrected chi connectivity index (χ4v) is 7.51. The van der Waals surface area contributed by atoms with Gasteiger partial charge in [-0.1, -0.05) is 20.8 Å². The molecule has 2 aliphatic carbocycles. The summed E-state index contributed by atoms with van der Waals surface area (Å²) in [6, 6.07) is 1.03. The van der Waals surface area contributed by atoms with E-state index >= 15 is 0 Å². The van der Waals surface area contributed by atoms with Gasteiger partial charge in [0.15, 0.2) is 0 Å². The Balaban J connectivity index is 0.000000604. The van der Waals surface area contributed by atoms with Crippen LogP contribution < -0.4 is 11.2 Å². The fourth-order valence-electron chi connectivity index (χ4n) is 4.46. The molecule has 1 aromatic heterocycles. The first-order valence-electron chi connectivity index (χ1n) is 11.1. The number of aromatic nitrogens is 2. The molecule has 2 aliphatic rings. The molecule has 17 nitrogen and oxygen atoms in total. The van der Waals surface area contributed by atoms with Gasteiger partial charge in [0.05, 0.1) is 18.2 Å². The Kier molecular flexibility index (Phi) is 10.4. The molecular formula is C17H32N3O14P3. The van der Waals surface area contributed by atoms with Crippen LogP contribution in [0, 0.1) is 11.8 Å². The Morgan fingerprint density at radius 3 is 2.05 bits per heavy atom. The predicted octanol–water partition coefficient (Wildman–Crippen LogP) is -0.705. The van der Waals surface area contributed by atoms with Gasteiger partial charge in [-0.25, -0.2) is 18.5 Å². The van der Waals surface area contributed by atoms with Crippen molar-refractivity contribution < 1.29 is 56.6 Å². The summed E-state index contributed by atoms with van der Waals surface area (Å²) in [5.74, 6) is -1.68. The average Bonchev–Trinajstić information content (AvgIpc) is 3.43. The molecule has 0 saturated heterocycles. The van der Waals surface area contributed by atoms with E-state index in [0.717, 1.165) is 16.8 Å². The van der Waals surface area contributed by atoms with Gasteiger partial charge in [0.25, 0.3) is 5.56 Å². The van der Waals surface area contributed by atoms with Crippen molar-refractivity contribution in [3.8, 4) is 0 Å². The van der Waals surface area contributed by atoms with Crippen LogP contribution in [-0.2, 0) is 32.4 Å². The largest absolute Gasteiger partial charge is 0.490 e. The molecule has 1 heterocycles. The zero-order valence-corrected chi connectivity index (χ0v) is 22.9. The second-order valence-electron chi connectivity index (χ2n) is 8.39. The minimum atomic E-state index is -5.69. The number of hydrogen-bond donors (Lipinski definition) is 7. The minimum Gasteiger partial charge on any atom is -0.390 e. The summed E-state index contributed by atoms with van der Waals surface area (Å²) in [5.41, 5.74) is -2.82. The van der Waals surface area contributed by atoms with Gasteiger partial charge in [-0.05, 0) is 32.0 Å². The molecule has 0 spiro atoms. The molecule has 7 atom stereocenters. The molecule has 2 saturated carbocycles. The molecule has 0 radical (unpaired) electrons. The Hall–Kier alpha value is -1.03. The van der Waals surface area contributed by atoms with Gasteiger partial charge in [0, 0.05) is 18.2 Å². The number of fused-ring (bicyclic) bond motifs is 1. The van der Waals surface area contributed by atoms with Crippen molar-refractivity contribution in [2.24, 2.45) is 11.8 Å². The zero-order valence-electron chi connectivity index (χ0n) is 20.2. The van der Waals surface area contributed by atoms with Crippen LogP contribution in [-0.4, -0.2) is 82.7 Å². The molecule has 2 fully saturated rings. The quantitative estimate of drug-likeness (QED) is 0.156. The highest BCUT2D eigenvalue weighted by atomic mass is 31.3.